The van der Waals surface area contributed by atoms with E-state index in [0.717, 1.165) is 31.5 Å². The molecule has 5 heteroatoms. The van der Waals surface area contributed by atoms with E-state index in [9.17, 15) is 9.18 Å². The first-order chi connectivity index (χ1) is 11.0. The normalized spacial score (nSPS) is 29.2. The van der Waals surface area contributed by atoms with Crippen molar-refractivity contribution < 1.29 is 9.18 Å². The summed E-state index contributed by atoms with van der Waals surface area (Å²) in [5.41, 5.74) is 7.27. The fourth-order valence-electron chi connectivity index (χ4n) is 4.19. The molecule has 2 fully saturated rings. The van der Waals surface area contributed by atoms with Crippen LogP contribution < -0.4 is 11.1 Å². The lowest BCUT2D eigenvalue weighted by Gasteiger charge is -2.27. The number of halogens is 1. The maximum Gasteiger partial charge on any atom is 0.225 e. The molecular weight excluding hydrogens is 293 g/mol. The Morgan fingerprint density at radius 3 is 2.65 bits per heavy atom. The minimum absolute atomic E-state index is 0.0103. The molecule has 2 aliphatic carbocycles. The van der Waals surface area contributed by atoms with Crippen LogP contribution in [0.25, 0.3) is 0 Å². The molecule has 2 aliphatic rings. The van der Waals surface area contributed by atoms with E-state index < -0.39 is 0 Å². The maximum absolute atomic E-state index is 12.9. The predicted molar refractivity (Wildman–Crippen MR) is 88.0 cm³/mol. The van der Waals surface area contributed by atoms with Crippen LogP contribution >= 0.6 is 0 Å². The molecule has 0 aromatic heterocycles. The first-order valence-corrected chi connectivity index (χ1v) is 8.51. The number of nitrogens with two attached hydrogens (primary N) is 1. The van der Waals surface area contributed by atoms with Gasteiger partial charge in [0.05, 0.1) is 5.92 Å². The second-order valence-electron chi connectivity index (χ2n) is 7.09. The highest BCUT2D eigenvalue weighted by molar-refractivity contribution is 5.80. The van der Waals surface area contributed by atoms with Crippen LogP contribution in [0.15, 0.2) is 24.3 Å². The van der Waals surface area contributed by atoms with E-state index in [4.69, 9.17) is 5.73 Å². The van der Waals surface area contributed by atoms with Gasteiger partial charge in [0.25, 0.3) is 0 Å². The van der Waals surface area contributed by atoms with Crippen molar-refractivity contribution in [1.82, 2.24) is 10.2 Å². The van der Waals surface area contributed by atoms with Gasteiger partial charge in [0, 0.05) is 25.7 Å². The number of carbonyl (C=O) groups excluding carboxylic acids is 1. The summed E-state index contributed by atoms with van der Waals surface area (Å²) in [6.45, 7) is 2.13. The highest BCUT2D eigenvalue weighted by Gasteiger charge is 2.48. The highest BCUT2D eigenvalue weighted by atomic mass is 19.1. The van der Waals surface area contributed by atoms with Crippen molar-refractivity contribution in [3.05, 3.63) is 35.6 Å². The van der Waals surface area contributed by atoms with E-state index in [-0.39, 0.29) is 23.7 Å². The zero-order valence-corrected chi connectivity index (χ0v) is 13.7. The number of nitrogens with one attached hydrogen (secondary N) is 1. The summed E-state index contributed by atoms with van der Waals surface area (Å²) in [6, 6.07) is 6.58. The third kappa shape index (κ3) is 3.72. The molecule has 1 aromatic carbocycles. The Balaban J connectivity index is 1.40. The number of amides is 1. The highest BCUT2D eigenvalue weighted by Crippen LogP contribution is 2.47. The molecule has 1 aromatic rings. The fraction of sp³-hybridized carbons (Fsp3) is 0.611. The Morgan fingerprint density at radius 1 is 1.30 bits per heavy atom. The summed E-state index contributed by atoms with van der Waals surface area (Å²) in [7, 11) is 2.00. The van der Waals surface area contributed by atoms with Gasteiger partial charge in [-0.05, 0) is 55.8 Å². The van der Waals surface area contributed by atoms with Gasteiger partial charge < -0.3 is 16.0 Å². The SMILES string of the molecule is CN(CCNC(=O)C1C2CCC(C2)C1N)Cc1ccc(F)cc1. The minimum Gasteiger partial charge on any atom is -0.355 e. The Kier molecular flexibility index (Phi) is 4.97. The molecule has 0 radical (unpaired) electrons. The van der Waals surface area contributed by atoms with E-state index in [0.29, 0.717) is 18.4 Å². The molecule has 126 valence electrons. The van der Waals surface area contributed by atoms with Crippen LogP contribution in [0.1, 0.15) is 24.8 Å². The first-order valence-electron chi connectivity index (χ1n) is 8.51. The lowest BCUT2D eigenvalue weighted by molar-refractivity contribution is -0.127. The van der Waals surface area contributed by atoms with Crippen LogP contribution in [0, 0.1) is 23.6 Å². The van der Waals surface area contributed by atoms with Gasteiger partial charge in [0.15, 0.2) is 0 Å². The number of hydrogen-bond acceptors (Lipinski definition) is 3. The van der Waals surface area contributed by atoms with Crippen molar-refractivity contribution in [2.75, 3.05) is 20.1 Å². The molecule has 2 saturated carbocycles. The monoisotopic (exact) mass is 319 g/mol. The Morgan fingerprint density at radius 2 is 2.00 bits per heavy atom. The van der Waals surface area contributed by atoms with E-state index >= 15 is 0 Å². The minimum atomic E-state index is -0.217. The Hall–Kier alpha value is -1.46. The van der Waals surface area contributed by atoms with Crippen LogP contribution in [0.5, 0.6) is 0 Å². The Bertz CT molecular complexity index is 546. The quantitative estimate of drug-likeness (QED) is 0.840. The number of carbonyl (C=O) groups is 1. The largest absolute Gasteiger partial charge is 0.355 e. The van der Waals surface area contributed by atoms with Crippen LogP contribution in [-0.4, -0.2) is 37.0 Å². The lowest BCUT2D eigenvalue weighted by atomic mass is 9.84. The second-order valence-corrected chi connectivity index (χ2v) is 7.09. The predicted octanol–water partition coefficient (Wildman–Crippen LogP) is 1.75. The molecule has 3 rings (SSSR count). The average Bonchev–Trinajstić information content (AvgIpc) is 3.10. The molecule has 0 heterocycles. The van der Waals surface area contributed by atoms with Crippen LogP contribution in [-0.2, 0) is 11.3 Å². The molecule has 3 N–H and O–H groups in total. The van der Waals surface area contributed by atoms with Crippen molar-refractivity contribution in [1.29, 1.82) is 0 Å². The molecule has 4 nitrogen and oxygen atoms in total. The third-order valence-corrected chi connectivity index (χ3v) is 5.44. The molecule has 1 amide bonds. The topological polar surface area (TPSA) is 58.4 Å². The maximum atomic E-state index is 12.9. The van der Waals surface area contributed by atoms with Crippen molar-refractivity contribution in [3.8, 4) is 0 Å². The molecule has 4 unspecified atom stereocenters. The van der Waals surface area contributed by atoms with Gasteiger partial charge >= 0.3 is 0 Å². The van der Waals surface area contributed by atoms with Gasteiger partial charge in [-0.3, -0.25) is 4.79 Å². The van der Waals surface area contributed by atoms with E-state index in [1.54, 1.807) is 12.1 Å². The summed E-state index contributed by atoms with van der Waals surface area (Å²) in [5.74, 6) is 0.964. The van der Waals surface area contributed by atoms with Crippen molar-refractivity contribution in [2.45, 2.75) is 31.8 Å². The van der Waals surface area contributed by atoms with Gasteiger partial charge in [-0.15, -0.1) is 0 Å². The number of likely N-dealkylation sites (N-methyl/N-ethyl adjacent to an activating group) is 1. The lowest BCUT2D eigenvalue weighted by Crippen LogP contribution is -2.46. The van der Waals surface area contributed by atoms with Crippen LogP contribution in [0.2, 0.25) is 0 Å². The molecule has 0 aliphatic heterocycles. The summed E-state index contributed by atoms with van der Waals surface area (Å²) in [6.07, 6.45) is 3.47. The number of fused-ring (bicyclic) bond motifs is 2. The molecule has 0 spiro atoms. The van der Waals surface area contributed by atoms with Crippen LogP contribution in [0.3, 0.4) is 0 Å². The summed E-state index contributed by atoms with van der Waals surface area (Å²) < 4.78 is 12.9. The average molecular weight is 319 g/mol. The number of nitrogens with zero attached hydrogens (tertiary/aromatic N) is 1. The smallest absolute Gasteiger partial charge is 0.225 e. The second kappa shape index (κ2) is 6.97. The number of rotatable bonds is 6. The summed E-state index contributed by atoms with van der Waals surface area (Å²) >= 11 is 0. The van der Waals surface area contributed by atoms with Crippen LogP contribution in [0.4, 0.5) is 4.39 Å². The van der Waals surface area contributed by atoms with Crippen molar-refractivity contribution >= 4 is 5.91 Å². The number of benzene rings is 1. The fourth-order valence-corrected chi connectivity index (χ4v) is 4.19. The number of hydrogen-bond donors (Lipinski definition) is 2. The van der Waals surface area contributed by atoms with Gasteiger partial charge in [0.1, 0.15) is 5.82 Å². The van der Waals surface area contributed by atoms with Gasteiger partial charge in [0.2, 0.25) is 5.91 Å². The standard InChI is InChI=1S/C18H26FN3O/c1-22(11-12-2-6-15(19)7-3-12)9-8-21-18(23)16-13-4-5-14(10-13)17(16)20/h2-3,6-7,13-14,16-17H,4-5,8-11,20H2,1H3,(H,21,23). The van der Waals surface area contributed by atoms with Crippen molar-refractivity contribution in [3.63, 3.8) is 0 Å². The zero-order chi connectivity index (χ0) is 16.4. The molecular formula is C18H26FN3O. The zero-order valence-electron chi connectivity index (χ0n) is 13.7. The van der Waals surface area contributed by atoms with Gasteiger partial charge in [-0.2, -0.15) is 0 Å². The Labute approximate surface area is 137 Å². The molecule has 2 bridgehead atoms. The van der Waals surface area contributed by atoms with E-state index in [1.165, 1.54) is 18.6 Å². The van der Waals surface area contributed by atoms with E-state index in [2.05, 4.69) is 10.2 Å². The summed E-state index contributed by atoms with van der Waals surface area (Å²) in [5, 5.41) is 3.05. The third-order valence-electron chi connectivity index (χ3n) is 5.44. The van der Waals surface area contributed by atoms with Gasteiger partial charge in [-0.1, -0.05) is 12.1 Å². The summed E-state index contributed by atoms with van der Waals surface area (Å²) in [4.78, 5) is 14.5. The molecule has 0 saturated heterocycles. The molecule has 23 heavy (non-hydrogen) atoms. The molecule has 4 atom stereocenters. The van der Waals surface area contributed by atoms with E-state index in [1.807, 2.05) is 7.05 Å². The first kappa shape index (κ1) is 16.4. The van der Waals surface area contributed by atoms with Crippen molar-refractivity contribution in [2.24, 2.45) is 23.5 Å². The van der Waals surface area contributed by atoms with Gasteiger partial charge in [-0.25, -0.2) is 4.39 Å².